The van der Waals surface area contributed by atoms with Crippen LogP contribution in [0.4, 0.5) is 11.4 Å². The Hall–Kier alpha value is -2.38. The summed E-state index contributed by atoms with van der Waals surface area (Å²) in [6, 6.07) is 11.7. The number of aromatic hydroxyl groups is 1. The van der Waals surface area contributed by atoms with E-state index in [-0.39, 0.29) is 22.9 Å². The second kappa shape index (κ2) is 13.2. The molecule has 6 nitrogen and oxygen atoms in total. The molecule has 0 aliphatic rings. The maximum Gasteiger partial charge on any atom is 0.297 e. The third-order valence-electron chi connectivity index (χ3n) is 5.23. The number of unbranched alkanes of at least 4 members (excludes halogenated alkanes) is 7. The first-order chi connectivity index (χ1) is 15.3. The van der Waals surface area contributed by atoms with Gasteiger partial charge >= 0.3 is 0 Å². The molecule has 0 radical (unpaired) electrons. The van der Waals surface area contributed by atoms with Crippen LogP contribution in [0, 0.1) is 0 Å². The van der Waals surface area contributed by atoms with Gasteiger partial charge in [0.05, 0.1) is 11.5 Å². The Bertz CT molecular complexity index is 954. The molecule has 2 aromatic rings. The van der Waals surface area contributed by atoms with E-state index < -0.39 is 10.1 Å². The van der Waals surface area contributed by atoms with E-state index in [0.29, 0.717) is 6.42 Å². The van der Waals surface area contributed by atoms with Crippen LogP contribution in [-0.2, 0) is 14.3 Å². The van der Waals surface area contributed by atoms with Gasteiger partial charge in [0.2, 0.25) is 0 Å². The lowest BCUT2D eigenvalue weighted by molar-refractivity contribution is 0.306. The SMILES string of the molecule is CCCCCCCCCCOS(=O)(=O)c1ccc(O)c(N=Cc2ccc(N(C)C)cc2)c1. The van der Waals surface area contributed by atoms with Crippen LogP contribution in [0.15, 0.2) is 52.4 Å². The summed E-state index contributed by atoms with van der Waals surface area (Å²) >= 11 is 0. The van der Waals surface area contributed by atoms with E-state index >= 15 is 0 Å². The topological polar surface area (TPSA) is 79.2 Å². The average Bonchev–Trinajstić information content (AvgIpc) is 2.77. The van der Waals surface area contributed by atoms with Crippen molar-refractivity contribution in [2.75, 3.05) is 25.6 Å². The van der Waals surface area contributed by atoms with Crippen molar-refractivity contribution in [3.8, 4) is 5.75 Å². The van der Waals surface area contributed by atoms with Gasteiger partial charge in [-0.2, -0.15) is 8.42 Å². The highest BCUT2D eigenvalue weighted by atomic mass is 32.2. The molecule has 32 heavy (non-hydrogen) atoms. The normalized spacial score (nSPS) is 11.8. The first kappa shape index (κ1) is 25.9. The third-order valence-corrected chi connectivity index (χ3v) is 6.54. The minimum absolute atomic E-state index is 0.00929. The van der Waals surface area contributed by atoms with Crippen LogP contribution in [0.5, 0.6) is 5.75 Å². The molecule has 0 aliphatic heterocycles. The molecule has 2 rings (SSSR count). The number of nitrogens with zero attached hydrogens (tertiary/aromatic N) is 2. The fourth-order valence-corrected chi connectivity index (χ4v) is 4.20. The summed E-state index contributed by atoms with van der Waals surface area (Å²) in [5.41, 5.74) is 2.08. The highest BCUT2D eigenvalue weighted by Crippen LogP contribution is 2.30. The molecule has 0 atom stereocenters. The molecule has 0 bridgehead atoms. The minimum Gasteiger partial charge on any atom is -0.506 e. The summed E-state index contributed by atoms with van der Waals surface area (Å²) in [6.07, 6.45) is 10.6. The maximum absolute atomic E-state index is 12.5. The van der Waals surface area contributed by atoms with Crippen molar-refractivity contribution in [1.82, 2.24) is 0 Å². The Kier molecular flexibility index (Phi) is 10.7. The second-order valence-corrected chi connectivity index (χ2v) is 9.76. The van der Waals surface area contributed by atoms with E-state index in [9.17, 15) is 13.5 Å². The zero-order chi connectivity index (χ0) is 23.4. The molecule has 176 valence electrons. The molecule has 0 aliphatic carbocycles. The number of hydrogen-bond acceptors (Lipinski definition) is 6. The van der Waals surface area contributed by atoms with E-state index in [1.165, 1.54) is 50.3 Å². The van der Waals surface area contributed by atoms with Crippen molar-refractivity contribution in [1.29, 1.82) is 0 Å². The van der Waals surface area contributed by atoms with Gasteiger partial charge in [0.1, 0.15) is 11.4 Å². The first-order valence-electron chi connectivity index (χ1n) is 11.4. The number of phenolic OH excluding ortho intramolecular Hbond substituents is 1. The summed E-state index contributed by atoms with van der Waals surface area (Å²) < 4.78 is 30.2. The van der Waals surface area contributed by atoms with Crippen molar-refractivity contribution in [3.63, 3.8) is 0 Å². The predicted octanol–water partition coefficient (Wildman–Crippen LogP) is 6.05. The highest BCUT2D eigenvalue weighted by molar-refractivity contribution is 7.86. The Morgan fingerprint density at radius 1 is 0.938 bits per heavy atom. The van der Waals surface area contributed by atoms with Gasteiger partial charge in [-0.25, -0.2) is 0 Å². The molecule has 0 saturated carbocycles. The number of rotatable bonds is 14. The fourth-order valence-electron chi connectivity index (χ4n) is 3.24. The second-order valence-electron chi connectivity index (χ2n) is 8.15. The van der Waals surface area contributed by atoms with Crippen LogP contribution in [0.25, 0.3) is 0 Å². The molecular weight excluding hydrogens is 424 g/mol. The van der Waals surface area contributed by atoms with Gasteiger partial charge in [-0.15, -0.1) is 0 Å². The predicted molar refractivity (Wildman–Crippen MR) is 132 cm³/mol. The standard InChI is InChI=1S/C25H36N2O4S/c1-4-5-6-7-8-9-10-11-18-31-32(29,30)23-16-17-25(28)24(19-23)26-20-21-12-14-22(15-13-21)27(2)3/h12-17,19-20,28H,4-11,18H2,1-3H3. The Morgan fingerprint density at radius 2 is 1.56 bits per heavy atom. The molecule has 0 amide bonds. The number of aliphatic imine (C=N–C) groups is 1. The highest BCUT2D eigenvalue weighted by Gasteiger charge is 2.17. The maximum atomic E-state index is 12.5. The lowest BCUT2D eigenvalue weighted by Gasteiger charge is -2.11. The first-order valence-corrected chi connectivity index (χ1v) is 12.8. The molecule has 0 spiro atoms. The zero-order valence-electron chi connectivity index (χ0n) is 19.5. The molecule has 1 N–H and O–H groups in total. The quantitative estimate of drug-likeness (QED) is 0.211. The molecule has 7 heteroatoms. The van der Waals surface area contributed by atoms with Gasteiger partial charge in [-0.1, -0.05) is 64.0 Å². The monoisotopic (exact) mass is 460 g/mol. The summed E-state index contributed by atoms with van der Waals surface area (Å²) in [7, 11) is 0.0313. The third kappa shape index (κ3) is 8.63. The molecule has 2 aromatic carbocycles. The van der Waals surface area contributed by atoms with Crippen LogP contribution in [-0.4, -0.2) is 40.4 Å². The number of phenols is 1. The molecule has 0 unspecified atom stereocenters. The summed E-state index contributed by atoms with van der Waals surface area (Å²) in [4.78, 5) is 6.25. The van der Waals surface area contributed by atoms with Gasteiger partial charge in [0, 0.05) is 26.0 Å². The molecule has 0 aromatic heterocycles. The van der Waals surface area contributed by atoms with Gasteiger partial charge in [0.15, 0.2) is 0 Å². The van der Waals surface area contributed by atoms with Crippen molar-refractivity contribution in [2.24, 2.45) is 4.99 Å². The van der Waals surface area contributed by atoms with Crippen molar-refractivity contribution >= 4 is 27.7 Å². The zero-order valence-corrected chi connectivity index (χ0v) is 20.3. The van der Waals surface area contributed by atoms with E-state index in [2.05, 4.69) is 11.9 Å². The Labute approximate surface area is 193 Å². The van der Waals surface area contributed by atoms with Crippen LogP contribution in [0.1, 0.15) is 63.9 Å². The van der Waals surface area contributed by atoms with Crippen LogP contribution < -0.4 is 4.90 Å². The minimum atomic E-state index is -3.89. The molecule has 0 saturated heterocycles. The van der Waals surface area contributed by atoms with Gasteiger partial charge < -0.3 is 10.0 Å². The summed E-state index contributed by atoms with van der Waals surface area (Å²) in [5.74, 6) is -0.0896. The van der Waals surface area contributed by atoms with E-state index in [1.54, 1.807) is 6.21 Å². The fraction of sp³-hybridized carbons (Fsp3) is 0.480. The largest absolute Gasteiger partial charge is 0.506 e. The van der Waals surface area contributed by atoms with E-state index in [1.807, 2.05) is 43.3 Å². The van der Waals surface area contributed by atoms with Crippen molar-refractivity contribution in [3.05, 3.63) is 48.0 Å². The van der Waals surface area contributed by atoms with E-state index in [4.69, 9.17) is 4.18 Å². The molecule has 0 fully saturated rings. The smallest absolute Gasteiger partial charge is 0.297 e. The lowest BCUT2D eigenvalue weighted by atomic mass is 10.1. The Balaban J connectivity index is 1.91. The van der Waals surface area contributed by atoms with Gasteiger partial charge in [0.25, 0.3) is 10.1 Å². The lowest BCUT2D eigenvalue weighted by Crippen LogP contribution is -2.08. The van der Waals surface area contributed by atoms with Gasteiger partial charge in [-0.05, 0) is 42.3 Å². The van der Waals surface area contributed by atoms with Crippen molar-refractivity contribution < 1.29 is 17.7 Å². The van der Waals surface area contributed by atoms with Gasteiger partial charge in [-0.3, -0.25) is 9.18 Å². The van der Waals surface area contributed by atoms with Crippen LogP contribution in [0.3, 0.4) is 0 Å². The average molecular weight is 461 g/mol. The summed E-state index contributed by atoms with van der Waals surface area (Å²) in [6.45, 7) is 2.36. The van der Waals surface area contributed by atoms with Crippen molar-refractivity contribution in [2.45, 2.75) is 63.2 Å². The molecule has 0 heterocycles. The van der Waals surface area contributed by atoms with Crippen LogP contribution in [0.2, 0.25) is 0 Å². The molecular formula is C25H36N2O4S. The van der Waals surface area contributed by atoms with E-state index in [0.717, 1.165) is 24.1 Å². The van der Waals surface area contributed by atoms with Crippen LogP contribution >= 0.6 is 0 Å². The number of hydrogen-bond donors (Lipinski definition) is 1. The Morgan fingerprint density at radius 3 is 2.19 bits per heavy atom. The number of anilines is 1. The number of benzene rings is 2. The summed E-state index contributed by atoms with van der Waals surface area (Å²) in [5, 5.41) is 10.1.